The Morgan fingerprint density at radius 2 is 1.73 bits per heavy atom. The number of nitrogens with one attached hydrogen (secondary N) is 3. The molecule has 0 fully saturated rings. The maximum Gasteiger partial charge on any atom is 0.224 e. The quantitative estimate of drug-likeness (QED) is 0.189. The summed E-state index contributed by atoms with van der Waals surface area (Å²) >= 11 is 0. The summed E-state index contributed by atoms with van der Waals surface area (Å²) < 4.78 is 0. The molecule has 0 bridgehead atoms. The number of carbonyl (C=O) groups is 2. The van der Waals surface area contributed by atoms with E-state index in [0.717, 1.165) is 16.7 Å². The highest BCUT2D eigenvalue weighted by molar-refractivity contribution is 5.78. The van der Waals surface area contributed by atoms with Crippen LogP contribution in [0.2, 0.25) is 0 Å². The number of rotatable bonds is 12. The van der Waals surface area contributed by atoms with Crippen molar-refractivity contribution >= 4 is 18.0 Å². The molecule has 0 aliphatic rings. The Morgan fingerprint density at radius 3 is 2.46 bits per heavy atom. The summed E-state index contributed by atoms with van der Waals surface area (Å²) in [6.07, 6.45) is 0.670. The number of aliphatic hydroxyl groups excluding tert-OH is 1. The van der Waals surface area contributed by atoms with Gasteiger partial charge in [0.05, 0.1) is 18.2 Å². The first kappa shape index (κ1) is 27.9. The Morgan fingerprint density at radius 1 is 0.973 bits per heavy atom. The van der Waals surface area contributed by atoms with Gasteiger partial charge in [0.1, 0.15) is 5.75 Å². The van der Waals surface area contributed by atoms with E-state index in [9.17, 15) is 19.8 Å². The number of aliphatic hydroxyl groups is 1. The summed E-state index contributed by atoms with van der Waals surface area (Å²) in [5.41, 5.74) is 6.08. The third kappa shape index (κ3) is 8.44. The van der Waals surface area contributed by atoms with E-state index < -0.39 is 6.10 Å². The normalized spacial score (nSPS) is 12.1. The Labute approximate surface area is 218 Å². The summed E-state index contributed by atoms with van der Waals surface area (Å²) in [6, 6.07) is 18.8. The molecular formula is C30H37N3O4. The molecule has 3 aromatic rings. The number of carbonyl (C=O) groups excluding carboxylic acids is 2. The van der Waals surface area contributed by atoms with Crippen molar-refractivity contribution in [2.75, 3.05) is 11.9 Å². The molecule has 3 aromatic carbocycles. The smallest absolute Gasteiger partial charge is 0.224 e. The maximum absolute atomic E-state index is 12.5. The number of hydrogen-bond acceptors (Lipinski definition) is 5. The summed E-state index contributed by atoms with van der Waals surface area (Å²) in [5, 5.41) is 29.3. The van der Waals surface area contributed by atoms with Crippen LogP contribution in [0.1, 0.15) is 53.3 Å². The first-order chi connectivity index (χ1) is 17.6. The number of phenols is 1. The number of phenolic OH excluding ortho intramolecular Hbond substituents is 1. The molecular weight excluding hydrogens is 466 g/mol. The zero-order valence-electron chi connectivity index (χ0n) is 22.0. The van der Waals surface area contributed by atoms with Gasteiger partial charge in [-0.2, -0.15) is 0 Å². The Kier molecular flexibility index (Phi) is 9.44. The van der Waals surface area contributed by atoms with Gasteiger partial charge in [-0.25, -0.2) is 0 Å². The highest BCUT2D eigenvalue weighted by Gasteiger charge is 2.21. The topological polar surface area (TPSA) is 111 Å². The average Bonchev–Trinajstić information content (AvgIpc) is 2.85. The van der Waals surface area contributed by atoms with E-state index >= 15 is 0 Å². The summed E-state index contributed by atoms with van der Waals surface area (Å²) in [6.45, 7) is 9.05. The largest absolute Gasteiger partial charge is 0.506 e. The van der Waals surface area contributed by atoms with E-state index in [4.69, 9.17) is 0 Å². The van der Waals surface area contributed by atoms with Gasteiger partial charge in [0.15, 0.2) is 0 Å². The van der Waals surface area contributed by atoms with Gasteiger partial charge in [-0.05, 0) is 79.6 Å². The fraction of sp³-hybridized carbons (Fsp3) is 0.333. The molecule has 2 amide bonds. The molecule has 37 heavy (non-hydrogen) atoms. The fourth-order valence-corrected chi connectivity index (χ4v) is 4.22. The number of aromatic hydroxyl groups is 1. The number of hydrogen-bond donors (Lipinski definition) is 5. The van der Waals surface area contributed by atoms with Gasteiger partial charge < -0.3 is 26.2 Å². The standard InChI is InChI=1S/C30H37N3O4/c1-20-8-9-24(12-21(20)2)17-31-29(37)14-22-6-5-7-23(13-22)16-30(3,4)33-18-28(36)25-10-11-27(35)26(15-25)32-19-34/h5-13,15,19,28,33,35-36H,14,16-18H2,1-4H3,(H,31,37)(H,32,34)/t28-/m0/s1. The molecule has 0 unspecified atom stereocenters. The lowest BCUT2D eigenvalue weighted by atomic mass is 9.93. The van der Waals surface area contributed by atoms with Crippen LogP contribution in [0.3, 0.4) is 0 Å². The van der Waals surface area contributed by atoms with Crippen molar-refractivity contribution in [3.8, 4) is 5.75 Å². The minimum Gasteiger partial charge on any atom is -0.506 e. The number of aryl methyl sites for hydroxylation is 2. The molecule has 5 N–H and O–H groups in total. The average molecular weight is 504 g/mol. The molecule has 0 saturated heterocycles. The van der Waals surface area contributed by atoms with Crippen LogP contribution in [0.15, 0.2) is 60.7 Å². The molecule has 0 aliphatic heterocycles. The summed E-state index contributed by atoms with van der Waals surface area (Å²) in [5.74, 6) is -0.0802. The third-order valence-electron chi connectivity index (χ3n) is 6.46. The minimum atomic E-state index is -0.820. The van der Waals surface area contributed by atoms with Crippen molar-refractivity contribution in [2.45, 2.75) is 58.7 Å². The van der Waals surface area contributed by atoms with Gasteiger partial charge in [-0.1, -0.05) is 48.5 Å². The van der Waals surface area contributed by atoms with Crippen LogP contribution >= 0.6 is 0 Å². The summed E-state index contributed by atoms with van der Waals surface area (Å²) in [7, 11) is 0. The van der Waals surface area contributed by atoms with Gasteiger partial charge in [-0.3, -0.25) is 9.59 Å². The molecule has 0 saturated carbocycles. The number of β-amino-alcohol motifs (C(OH)–C–C–N with tert-alkyl or cyclic N) is 1. The molecule has 3 rings (SSSR count). The number of amides is 2. The minimum absolute atomic E-state index is 0.0202. The Bertz CT molecular complexity index is 1240. The maximum atomic E-state index is 12.5. The molecule has 0 spiro atoms. The van der Waals surface area contributed by atoms with Crippen LogP contribution in [-0.2, 0) is 29.0 Å². The van der Waals surface area contributed by atoms with Crippen molar-refractivity contribution in [3.05, 3.63) is 94.0 Å². The monoisotopic (exact) mass is 503 g/mol. The predicted molar refractivity (Wildman–Crippen MR) is 146 cm³/mol. The molecule has 0 aliphatic carbocycles. The third-order valence-corrected chi connectivity index (χ3v) is 6.46. The van der Waals surface area contributed by atoms with Crippen molar-refractivity contribution < 1.29 is 19.8 Å². The molecule has 1 atom stereocenters. The number of anilines is 1. The van der Waals surface area contributed by atoms with Crippen LogP contribution in [0.25, 0.3) is 0 Å². The van der Waals surface area contributed by atoms with Crippen molar-refractivity contribution in [1.29, 1.82) is 0 Å². The van der Waals surface area contributed by atoms with E-state index in [1.54, 1.807) is 12.1 Å². The Balaban J connectivity index is 1.53. The lowest BCUT2D eigenvalue weighted by Crippen LogP contribution is -2.43. The second kappa shape index (κ2) is 12.5. The van der Waals surface area contributed by atoms with Crippen LogP contribution in [-0.4, -0.2) is 34.6 Å². The van der Waals surface area contributed by atoms with Gasteiger partial charge in [0.2, 0.25) is 12.3 Å². The van der Waals surface area contributed by atoms with E-state index in [1.807, 2.05) is 30.3 Å². The van der Waals surface area contributed by atoms with E-state index in [0.29, 0.717) is 37.9 Å². The zero-order chi connectivity index (χ0) is 27.0. The van der Waals surface area contributed by atoms with Crippen molar-refractivity contribution in [2.24, 2.45) is 0 Å². The van der Waals surface area contributed by atoms with E-state index in [2.05, 4.69) is 55.8 Å². The SMILES string of the molecule is Cc1ccc(CNC(=O)Cc2cccc(CC(C)(C)NC[C@H](O)c3ccc(O)c(NC=O)c3)c2)cc1C. The first-order valence-corrected chi connectivity index (χ1v) is 12.4. The lowest BCUT2D eigenvalue weighted by molar-refractivity contribution is -0.120. The van der Waals surface area contributed by atoms with Gasteiger partial charge in [0, 0.05) is 18.6 Å². The number of benzene rings is 3. The Hall–Kier alpha value is -3.68. The van der Waals surface area contributed by atoms with Crippen LogP contribution in [0.4, 0.5) is 5.69 Å². The highest BCUT2D eigenvalue weighted by Crippen LogP contribution is 2.27. The summed E-state index contributed by atoms with van der Waals surface area (Å²) in [4.78, 5) is 23.3. The molecule has 196 valence electrons. The van der Waals surface area contributed by atoms with Crippen LogP contribution < -0.4 is 16.0 Å². The van der Waals surface area contributed by atoms with Crippen molar-refractivity contribution in [1.82, 2.24) is 10.6 Å². The molecule has 7 nitrogen and oxygen atoms in total. The molecule has 7 heteroatoms. The van der Waals surface area contributed by atoms with Gasteiger partial charge in [-0.15, -0.1) is 0 Å². The predicted octanol–water partition coefficient (Wildman–Crippen LogP) is 4.08. The second-order valence-electron chi connectivity index (χ2n) is 10.2. The molecule has 0 radical (unpaired) electrons. The van der Waals surface area contributed by atoms with Gasteiger partial charge in [0.25, 0.3) is 0 Å². The zero-order valence-corrected chi connectivity index (χ0v) is 22.0. The van der Waals surface area contributed by atoms with E-state index in [-0.39, 0.29) is 22.9 Å². The highest BCUT2D eigenvalue weighted by atomic mass is 16.3. The fourth-order valence-electron chi connectivity index (χ4n) is 4.22. The van der Waals surface area contributed by atoms with Crippen molar-refractivity contribution in [3.63, 3.8) is 0 Å². The molecule has 0 aromatic heterocycles. The lowest BCUT2D eigenvalue weighted by Gasteiger charge is -2.28. The molecule has 0 heterocycles. The van der Waals surface area contributed by atoms with Crippen LogP contribution in [0, 0.1) is 13.8 Å². The first-order valence-electron chi connectivity index (χ1n) is 12.4. The van der Waals surface area contributed by atoms with Crippen LogP contribution in [0.5, 0.6) is 5.75 Å². The second-order valence-corrected chi connectivity index (χ2v) is 10.2. The van der Waals surface area contributed by atoms with E-state index in [1.165, 1.54) is 17.2 Å². The van der Waals surface area contributed by atoms with Gasteiger partial charge >= 0.3 is 0 Å².